The van der Waals surface area contributed by atoms with Crippen molar-refractivity contribution >= 4 is 0 Å². The van der Waals surface area contributed by atoms with Crippen LogP contribution in [0.1, 0.15) is 37.3 Å². The zero-order chi connectivity index (χ0) is 18.1. The third kappa shape index (κ3) is 4.89. The molecule has 4 nitrogen and oxygen atoms in total. The first-order chi connectivity index (χ1) is 12.2. The van der Waals surface area contributed by atoms with Crippen molar-refractivity contribution in [3.63, 3.8) is 0 Å². The molecule has 0 fully saturated rings. The van der Waals surface area contributed by atoms with E-state index in [-0.39, 0.29) is 5.92 Å². The molecule has 0 aliphatic heterocycles. The molecular weight excluding hydrogens is 314 g/mol. The fourth-order valence-electron chi connectivity index (χ4n) is 2.94. The van der Waals surface area contributed by atoms with Crippen molar-refractivity contribution in [3.8, 4) is 17.2 Å². The summed E-state index contributed by atoms with van der Waals surface area (Å²) in [6.45, 7) is 5.92. The first-order valence-corrected chi connectivity index (χ1v) is 8.95. The van der Waals surface area contributed by atoms with Gasteiger partial charge in [-0.25, -0.2) is 0 Å². The summed E-state index contributed by atoms with van der Waals surface area (Å²) in [5.41, 5.74) is 8.35. The Morgan fingerprint density at radius 2 is 1.72 bits per heavy atom. The van der Waals surface area contributed by atoms with Crippen molar-refractivity contribution in [2.75, 3.05) is 26.9 Å². The molecule has 0 spiro atoms. The number of ether oxygens (including phenoxy) is 3. The van der Waals surface area contributed by atoms with Crippen molar-refractivity contribution in [3.05, 3.63) is 53.6 Å². The molecule has 2 aromatic rings. The highest BCUT2D eigenvalue weighted by atomic mass is 16.5. The molecule has 2 aromatic carbocycles. The van der Waals surface area contributed by atoms with Gasteiger partial charge in [-0.2, -0.15) is 0 Å². The van der Waals surface area contributed by atoms with E-state index in [2.05, 4.69) is 19.1 Å². The Kier molecular flexibility index (Phi) is 7.61. The molecule has 4 heteroatoms. The van der Waals surface area contributed by atoms with Crippen LogP contribution in [0.3, 0.4) is 0 Å². The Hall–Kier alpha value is -2.20. The Bertz CT molecular complexity index is 657. The topological polar surface area (TPSA) is 53.7 Å². The van der Waals surface area contributed by atoms with Gasteiger partial charge in [0.25, 0.3) is 0 Å². The van der Waals surface area contributed by atoms with Gasteiger partial charge in [0.05, 0.1) is 20.3 Å². The van der Waals surface area contributed by atoms with Crippen molar-refractivity contribution < 1.29 is 14.2 Å². The molecule has 136 valence electrons. The quantitative estimate of drug-likeness (QED) is 0.703. The smallest absolute Gasteiger partial charge is 0.164 e. The molecule has 1 atom stereocenters. The minimum absolute atomic E-state index is 0.152. The fraction of sp³-hybridized carbons (Fsp3) is 0.429. The van der Waals surface area contributed by atoms with Gasteiger partial charge in [0, 0.05) is 5.92 Å². The van der Waals surface area contributed by atoms with Gasteiger partial charge >= 0.3 is 0 Å². The van der Waals surface area contributed by atoms with Gasteiger partial charge in [-0.15, -0.1) is 0 Å². The van der Waals surface area contributed by atoms with Crippen LogP contribution >= 0.6 is 0 Å². The van der Waals surface area contributed by atoms with Gasteiger partial charge in [0.15, 0.2) is 11.5 Å². The highest BCUT2D eigenvalue weighted by Gasteiger charge is 2.19. The van der Waals surface area contributed by atoms with Crippen LogP contribution in [-0.4, -0.2) is 26.9 Å². The van der Waals surface area contributed by atoms with Crippen LogP contribution in [0.5, 0.6) is 17.2 Å². The lowest BCUT2D eigenvalue weighted by atomic mass is 9.91. The number of rotatable bonds is 10. The fourth-order valence-corrected chi connectivity index (χ4v) is 2.94. The zero-order valence-electron chi connectivity index (χ0n) is 15.5. The highest BCUT2D eigenvalue weighted by molar-refractivity contribution is 5.48. The van der Waals surface area contributed by atoms with E-state index in [0.29, 0.717) is 19.8 Å². The van der Waals surface area contributed by atoms with Crippen LogP contribution in [0.2, 0.25) is 0 Å². The van der Waals surface area contributed by atoms with Crippen LogP contribution < -0.4 is 19.9 Å². The summed E-state index contributed by atoms with van der Waals surface area (Å²) in [5, 5.41) is 0. The number of hydrogen-bond acceptors (Lipinski definition) is 4. The molecule has 0 aliphatic rings. The number of methoxy groups -OCH3 is 1. The maximum atomic E-state index is 6.11. The molecule has 0 bridgehead atoms. The first-order valence-electron chi connectivity index (χ1n) is 8.95. The molecule has 0 aromatic heterocycles. The summed E-state index contributed by atoms with van der Waals surface area (Å²) in [4.78, 5) is 0. The van der Waals surface area contributed by atoms with Gasteiger partial charge < -0.3 is 19.9 Å². The van der Waals surface area contributed by atoms with Crippen LogP contribution in [-0.2, 0) is 6.42 Å². The van der Waals surface area contributed by atoms with Gasteiger partial charge in [-0.1, -0.05) is 37.3 Å². The number of benzene rings is 2. The van der Waals surface area contributed by atoms with Crippen molar-refractivity contribution in [1.29, 1.82) is 0 Å². The molecule has 2 rings (SSSR count). The standard InChI is InChI=1S/C21H29NO3/c1-4-13-25-21-16(9-8-12-20(21)23-3)14-17(15-22)18-10-6-7-11-19(18)24-5-2/h6-12,17H,4-5,13-15,22H2,1-3H3. The lowest BCUT2D eigenvalue weighted by molar-refractivity contribution is 0.290. The summed E-state index contributed by atoms with van der Waals surface area (Å²) in [6, 6.07) is 14.1. The summed E-state index contributed by atoms with van der Waals surface area (Å²) >= 11 is 0. The molecule has 2 N–H and O–H groups in total. The Morgan fingerprint density at radius 1 is 0.960 bits per heavy atom. The summed E-state index contributed by atoms with van der Waals surface area (Å²) in [5.74, 6) is 2.64. The van der Waals surface area contributed by atoms with E-state index in [1.54, 1.807) is 7.11 Å². The average Bonchev–Trinajstić information content (AvgIpc) is 2.65. The Balaban J connectivity index is 2.33. The van der Waals surface area contributed by atoms with Crippen molar-refractivity contribution in [2.45, 2.75) is 32.6 Å². The largest absolute Gasteiger partial charge is 0.494 e. The lowest BCUT2D eigenvalue weighted by Crippen LogP contribution is -2.17. The molecule has 0 amide bonds. The first kappa shape index (κ1) is 19.1. The second-order valence-electron chi connectivity index (χ2n) is 5.90. The number of hydrogen-bond donors (Lipinski definition) is 1. The maximum absolute atomic E-state index is 6.11. The van der Waals surface area contributed by atoms with Crippen LogP contribution in [0, 0.1) is 0 Å². The molecule has 0 aliphatic carbocycles. The molecule has 25 heavy (non-hydrogen) atoms. The average molecular weight is 343 g/mol. The van der Waals surface area contributed by atoms with E-state index >= 15 is 0 Å². The molecular formula is C21H29NO3. The second-order valence-corrected chi connectivity index (χ2v) is 5.90. The van der Waals surface area contributed by atoms with Crippen LogP contribution in [0.15, 0.2) is 42.5 Å². The van der Waals surface area contributed by atoms with E-state index in [9.17, 15) is 0 Å². The summed E-state index contributed by atoms with van der Waals surface area (Å²) < 4.78 is 17.2. The van der Waals surface area contributed by atoms with Crippen molar-refractivity contribution in [1.82, 2.24) is 0 Å². The van der Waals surface area contributed by atoms with Crippen LogP contribution in [0.25, 0.3) is 0 Å². The normalized spacial score (nSPS) is 11.8. The van der Waals surface area contributed by atoms with E-state index in [1.807, 2.05) is 37.3 Å². The van der Waals surface area contributed by atoms with E-state index < -0.39 is 0 Å². The Labute approximate surface area is 150 Å². The zero-order valence-corrected chi connectivity index (χ0v) is 15.5. The highest BCUT2D eigenvalue weighted by Crippen LogP contribution is 2.36. The SMILES string of the molecule is CCCOc1c(CC(CN)c2ccccc2OCC)cccc1OC. The van der Waals surface area contributed by atoms with E-state index in [1.165, 1.54) is 0 Å². The molecule has 0 radical (unpaired) electrons. The summed E-state index contributed by atoms with van der Waals surface area (Å²) in [7, 11) is 1.67. The minimum Gasteiger partial charge on any atom is -0.494 e. The molecule has 1 unspecified atom stereocenters. The van der Waals surface area contributed by atoms with Crippen molar-refractivity contribution in [2.24, 2.45) is 5.73 Å². The lowest BCUT2D eigenvalue weighted by Gasteiger charge is -2.21. The third-order valence-corrected chi connectivity index (χ3v) is 4.14. The van der Waals surface area contributed by atoms with E-state index in [0.717, 1.165) is 41.2 Å². The monoisotopic (exact) mass is 343 g/mol. The molecule has 0 saturated carbocycles. The molecule has 0 saturated heterocycles. The predicted octanol–water partition coefficient (Wildman–Crippen LogP) is 4.17. The number of nitrogens with two attached hydrogens (primary N) is 1. The predicted molar refractivity (Wildman–Crippen MR) is 102 cm³/mol. The van der Waals surface area contributed by atoms with Gasteiger partial charge in [-0.3, -0.25) is 0 Å². The second kappa shape index (κ2) is 9.94. The third-order valence-electron chi connectivity index (χ3n) is 4.14. The maximum Gasteiger partial charge on any atom is 0.164 e. The van der Waals surface area contributed by atoms with Gasteiger partial charge in [-0.05, 0) is 49.6 Å². The van der Waals surface area contributed by atoms with Gasteiger partial charge in [0.1, 0.15) is 5.75 Å². The van der Waals surface area contributed by atoms with Gasteiger partial charge in [0.2, 0.25) is 0 Å². The number of para-hydroxylation sites is 2. The molecule has 0 heterocycles. The summed E-state index contributed by atoms with van der Waals surface area (Å²) in [6.07, 6.45) is 1.72. The minimum atomic E-state index is 0.152. The van der Waals surface area contributed by atoms with Crippen LogP contribution in [0.4, 0.5) is 0 Å². The Morgan fingerprint density at radius 3 is 2.40 bits per heavy atom. The van der Waals surface area contributed by atoms with E-state index in [4.69, 9.17) is 19.9 Å².